The fourth-order valence-electron chi connectivity index (χ4n) is 2.93. The van der Waals surface area contributed by atoms with Crippen molar-refractivity contribution in [1.29, 1.82) is 0 Å². The molecule has 0 unspecified atom stereocenters. The topological polar surface area (TPSA) is 67.3 Å². The minimum absolute atomic E-state index is 0.0674. The molecule has 1 N–H and O–H groups in total. The molecule has 0 saturated carbocycles. The van der Waals surface area contributed by atoms with E-state index >= 15 is 0 Å². The lowest BCUT2D eigenvalue weighted by Crippen LogP contribution is -2.52. The number of piperidine rings is 1. The molecule has 1 aromatic carbocycles. The van der Waals surface area contributed by atoms with Gasteiger partial charge in [-0.25, -0.2) is 18.6 Å². The van der Waals surface area contributed by atoms with Crippen LogP contribution in [0, 0.1) is 12.8 Å². The van der Waals surface area contributed by atoms with Crippen molar-refractivity contribution in [2.24, 2.45) is 5.92 Å². The molecule has 6 nitrogen and oxygen atoms in total. The predicted molar refractivity (Wildman–Crippen MR) is 96.5 cm³/mol. The summed E-state index contributed by atoms with van der Waals surface area (Å²) in [4.78, 5) is 21.1. The molecule has 27 heavy (non-hydrogen) atoms. The number of nitrogens with zero attached hydrogens (tertiary/aromatic N) is 3. The van der Waals surface area contributed by atoms with Gasteiger partial charge in [-0.1, -0.05) is 29.8 Å². The Labute approximate surface area is 156 Å². The largest absolute Gasteiger partial charge is 0.445 e. The second kappa shape index (κ2) is 8.28. The van der Waals surface area contributed by atoms with Crippen LogP contribution in [0.4, 0.5) is 19.4 Å². The van der Waals surface area contributed by atoms with E-state index in [-0.39, 0.29) is 26.1 Å². The Balaban J connectivity index is 1.49. The molecule has 2 aromatic rings. The van der Waals surface area contributed by atoms with Crippen LogP contribution in [0.1, 0.15) is 17.5 Å². The van der Waals surface area contributed by atoms with Crippen LogP contribution in [0.3, 0.4) is 0 Å². The normalized spacial score (nSPS) is 18.8. The summed E-state index contributed by atoms with van der Waals surface area (Å²) in [7, 11) is 0. The average Bonchev–Trinajstić information content (AvgIpc) is 2.66. The summed E-state index contributed by atoms with van der Waals surface area (Å²) in [5, 5.41) is 2.88. The molecule has 1 atom stereocenters. The van der Waals surface area contributed by atoms with Crippen LogP contribution in [-0.2, 0) is 11.3 Å². The number of carbonyl (C=O) groups excluding carboxylic acids is 1. The molecule has 144 valence electrons. The number of likely N-dealkylation sites (tertiary alicyclic amines) is 1. The number of hydrogen-bond donors (Lipinski definition) is 1. The lowest BCUT2D eigenvalue weighted by atomic mass is 9.93. The summed E-state index contributed by atoms with van der Waals surface area (Å²) in [6.07, 6.45) is 3.96. The highest BCUT2D eigenvalue weighted by Crippen LogP contribution is 2.33. The first kappa shape index (κ1) is 19.0. The van der Waals surface area contributed by atoms with Crippen LogP contribution < -0.4 is 5.32 Å². The lowest BCUT2D eigenvalue weighted by Gasteiger charge is -2.37. The minimum Gasteiger partial charge on any atom is -0.445 e. The van der Waals surface area contributed by atoms with Gasteiger partial charge >= 0.3 is 6.09 Å². The first-order valence-electron chi connectivity index (χ1n) is 8.79. The van der Waals surface area contributed by atoms with Crippen LogP contribution in [0.2, 0.25) is 0 Å². The van der Waals surface area contributed by atoms with Crippen LogP contribution in [-0.4, -0.2) is 46.5 Å². The number of aryl methyl sites for hydroxylation is 1. The molecular formula is C19H22F2N4O2. The maximum absolute atomic E-state index is 14.5. The summed E-state index contributed by atoms with van der Waals surface area (Å²) in [5.41, 5.74) is 1.92. The fourth-order valence-corrected chi connectivity index (χ4v) is 2.93. The van der Waals surface area contributed by atoms with E-state index in [1.807, 2.05) is 31.2 Å². The number of ether oxygens (including phenoxy) is 1. The van der Waals surface area contributed by atoms with Crippen molar-refractivity contribution in [3.63, 3.8) is 0 Å². The number of aromatic nitrogens is 2. The van der Waals surface area contributed by atoms with Crippen molar-refractivity contribution < 1.29 is 18.3 Å². The van der Waals surface area contributed by atoms with Crippen molar-refractivity contribution in [3.8, 4) is 0 Å². The van der Waals surface area contributed by atoms with Gasteiger partial charge in [-0.3, -0.25) is 4.98 Å². The molecule has 0 bridgehead atoms. The summed E-state index contributed by atoms with van der Waals surface area (Å²) in [5.74, 6) is -3.44. The standard InChI is InChI=1S/C19H22F2N4O2/c1-14-2-4-15(5-3-14)12-27-18(26)25-9-6-16(19(20,21)13-25)10-24-17-11-22-7-8-23-17/h2-5,7-8,11,16H,6,9-10,12-13H2,1H3,(H,23,24)/t16-/m1/s1. The van der Waals surface area contributed by atoms with Crippen LogP contribution in [0.5, 0.6) is 0 Å². The molecule has 1 saturated heterocycles. The van der Waals surface area contributed by atoms with Crippen LogP contribution >= 0.6 is 0 Å². The predicted octanol–water partition coefficient (Wildman–Crippen LogP) is 3.49. The van der Waals surface area contributed by atoms with Crippen molar-refractivity contribution in [1.82, 2.24) is 14.9 Å². The molecule has 1 aliphatic rings. The Morgan fingerprint density at radius 3 is 2.78 bits per heavy atom. The number of hydrogen-bond acceptors (Lipinski definition) is 5. The number of amides is 1. The zero-order chi connectivity index (χ0) is 19.3. The lowest BCUT2D eigenvalue weighted by molar-refractivity contribution is -0.101. The Morgan fingerprint density at radius 1 is 1.33 bits per heavy atom. The van der Waals surface area contributed by atoms with Gasteiger partial charge in [0.25, 0.3) is 5.92 Å². The molecule has 1 fully saturated rings. The summed E-state index contributed by atoms with van der Waals surface area (Å²) in [6, 6.07) is 7.52. The van der Waals surface area contributed by atoms with Gasteiger partial charge in [-0.2, -0.15) is 0 Å². The summed E-state index contributed by atoms with van der Waals surface area (Å²) < 4.78 is 34.1. The summed E-state index contributed by atoms with van der Waals surface area (Å²) >= 11 is 0. The number of carbonyl (C=O) groups is 1. The highest BCUT2D eigenvalue weighted by molar-refractivity contribution is 5.68. The fraction of sp³-hybridized carbons (Fsp3) is 0.421. The summed E-state index contributed by atoms with van der Waals surface area (Å²) in [6.45, 7) is 1.68. The molecular weight excluding hydrogens is 354 g/mol. The first-order valence-corrected chi connectivity index (χ1v) is 8.79. The molecule has 0 aliphatic carbocycles. The van der Waals surface area contributed by atoms with Gasteiger partial charge < -0.3 is 15.0 Å². The van der Waals surface area contributed by atoms with E-state index in [4.69, 9.17) is 4.74 Å². The molecule has 1 aromatic heterocycles. The molecule has 1 amide bonds. The van der Waals surface area contributed by atoms with E-state index in [1.165, 1.54) is 18.6 Å². The quantitative estimate of drug-likeness (QED) is 0.865. The Bertz CT molecular complexity index is 756. The van der Waals surface area contributed by atoms with E-state index < -0.39 is 24.5 Å². The van der Waals surface area contributed by atoms with Crippen LogP contribution in [0.15, 0.2) is 42.9 Å². The molecule has 2 heterocycles. The van der Waals surface area contributed by atoms with Gasteiger partial charge in [0.2, 0.25) is 0 Å². The third-order valence-electron chi connectivity index (χ3n) is 4.58. The van der Waals surface area contributed by atoms with Gasteiger partial charge in [0, 0.05) is 31.4 Å². The van der Waals surface area contributed by atoms with E-state index in [0.29, 0.717) is 5.82 Å². The number of halogens is 2. The van der Waals surface area contributed by atoms with Gasteiger partial charge in [0.1, 0.15) is 12.4 Å². The average molecular weight is 376 g/mol. The van der Waals surface area contributed by atoms with Gasteiger partial charge in [0.15, 0.2) is 0 Å². The van der Waals surface area contributed by atoms with E-state index in [1.54, 1.807) is 0 Å². The smallest absolute Gasteiger partial charge is 0.410 e. The third-order valence-corrected chi connectivity index (χ3v) is 4.58. The SMILES string of the molecule is Cc1ccc(COC(=O)N2CC[C@H](CNc3cnccn3)C(F)(F)C2)cc1. The second-order valence-electron chi connectivity index (χ2n) is 6.68. The van der Waals surface area contributed by atoms with Gasteiger partial charge in [-0.15, -0.1) is 0 Å². The molecule has 0 radical (unpaired) electrons. The Morgan fingerprint density at radius 2 is 2.11 bits per heavy atom. The Kier molecular flexibility index (Phi) is 5.83. The van der Waals surface area contributed by atoms with Gasteiger partial charge in [-0.05, 0) is 18.9 Å². The van der Waals surface area contributed by atoms with Crippen LogP contribution in [0.25, 0.3) is 0 Å². The first-order chi connectivity index (χ1) is 12.9. The van der Waals surface area contributed by atoms with Crippen molar-refractivity contribution in [3.05, 3.63) is 54.0 Å². The van der Waals surface area contributed by atoms with Gasteiger partial charge in [0.05, 0.1) is 12.7 Å². The van der Waals surface area contributed by atoms with E-state index in [2.05, 4.69) is 15.3 Å². The third kappa shape index (κ3) is 5.12. The number of nitrogens with one attached hydrogen (secondary N) is 1. The highest BCUT2D eigenvalue weighted by atomic mass is 19.3. The Hall–Kier alpha value is -2.77. The van der Waals surface area contributed by atoms with Crippen molar-refractivity contribution >= 4 is 11.9 Å². The second-order valence-corrected chi connectivity index (χ2v) is 6.68. The van der Waals surface area contributed by atoms with E-state index in [0.717, 1.165) is 16.0 Å². The molecule has 8 heteroatoms. The number of anilines is 1. The maximum atomic E-state index is 14.5. The van der Waals surface area contributed by atoms with E-state index in [9.17, 15) is 13.6 Å². The molecule has 1 aliphatic heterocycles. The number of rotatable bonds is 5. The monoisotopic (exact) mass is 376 g/mol. The number of alkyl halides is 2. The zero-order valence-corrected chi connectivity index (χ0v) is 15.1. The molecule has 3 rings (SSSR count). The maximum Gasteiger partial charge on any atom is 0.410 e. The molecule has 0 spiro atoms. The number of benzene rings is 1. The highest BCUT2D eigenvalue weighted by Gasteiger charge is 2.46. The minimum atomic E-state index is -3.00. The van der Waals surface area contributed by atoms with Crippen molar-refractivity contribution in [2.75, 3.05) is 25.0 Å². The van der Waals surface area contributed by atoms with Crippen molar-refractivity contribution in [2.45, 2.75) is 25.9 Å². The zero-order valence-electron chi connectivity index (χ0n) is 15.1.